The second-order valence-corrected chi connectivity index (χ2v) is 6.42. The molecular formula is C18H22N4O. The van der Waals surface area contributed by atoms with Crippen LogP contribution in [0.5, 0.6) is 0 Å². The van der Waals surface area contributed by atoms with E-state index in [0.29, 0.717) is 22.9 Å². The van der Waals surface area contributed by atoms with E-state index in [9.17, 15) is 4.79 Å². The van der Waals surface area contributed by atoms with Gasteiger partial charge in [-0.2, -0.15) is 0 Å². The smallest absolute Gasteiger partial charge is 0.220 e. The molecule has 5 nitrogen and oxygen atoms in total. The number of carbonyl (C=O) groups is 1. The Bertz CT molecular complexity index is 721. The molecule has 0 amide bonds. The van der Waals surface area contributed by atoms with Gasteiger partial charge in [-0.05, 0) is 37.0 Å². The average Bonchev–Trinajstić information content (AvgIpc) is 2.55. The maximum atomic E-state index is 12.8. The first kappa shape index (κ1) is 15.5. The summed E-state index contributed by atoms with van der Waals surface area (Å²) in [4.78, 5) is 20.9. The van der Waals surface area contributed by atoms with Crippen LogP contribution in [0.25, 0.3) is 11.3 Å². The normalized spacial score (nSPS) is 21.1. The van der Waals surface area contributed by atoms with Gasteiger partial charge in [0.2, 0.25) is 5.95 Å². The Morgan fingerprint density at radius 1 is 1.13 bits per heavy atom. The van der Waals surface area contributed by atoms with Crippen LogP contribution >= 0.6 is 0 Å². The van der Waals surface area contributed by atoms with E-state index in [1.165, 1.54) is 0 Å². The van der Waals surface area contributed by atoms with Gasteiger partial charge in [-0.3, -0.25) is 4.79 Å². The van der Waals surface area contributed by atoms with Gasteiger partial charge in [-0.1, -0.05) is 25.8 Å². The molecule has 1 aliphatic carbocycles. The molecule has 1 saturated carbocycles. The van der Waals surface area contributed by atoms with Gasteiger partial charge in [-0.15, -0.1) is 0 Å². The van der Waals surface area contributed by atoms with E-state index in [1.807, 2.05) is 12.1 Å². The lowest BCUT2D eigenvalue weighted by Gasteiger charge is -2.25. The molecule has 0 saturated heterocycles. The molecule has 0 aliphatic heterocycles. The molecule has 1 fully saturated rings. The lowest BCUT2D eigenvalue weighted by atomic mass is 9.79. The topological polar surface area (TPSA) is 94.9 Å². The van der Waals surface area contributed by atoms with Gasteiger partial charge in [-0.25, -0.2) is 9.97 Å². The average molecular weight is 310 g/mol. The highest BCUT2D eigenvalue weighted by Gasteiger charge is 2.26. The fourth-order valence-electron chi connectivity index (χ4n) is 3.21. The zero-order valence-electron chi connectivity index (χ0n) is 13.3. The van der Waals surface area contributed by atoms with Crippen LogP contribution in [0, 0.1) is 11.8 Å². The number of nitrogens with zero attached hydrogens (tertiary/aromatic N) is 2. The first-order valence-corrected chi connectivity index (χ1v) is 8.07. The molecule has 3 rings (SSSR count). The summed E-state index contributed by atoms with van der Waals surface area (Å²) in [7, 11) is 0. The molecule has 23 heavy (non-hydrogen) atoms. The van der Waals surface area contributed by atoms with Crippen molar-refractivity contribution in [2.45, 2.75) is 32.6 Å². The number of rotatable bonds is 3. The second-order valence-electron chi connectivity index (χ2n) is 6.42. The summed E-state index contributed by atoms with van der Waals surface area (Å²) in [6.45, 7) is 2.25. The van der Waals surface area contributed by atoms with E-state index in [1.54, 1.807) is 18.3 Å². The number of ketones is 1. The van der Waals surface area contributed by atoms with Crippen LogP contribution in [0.15, 0.2) is 30.5 Å². The number of nitrogen functional groups attached to an aromatic ring is 2. The van der Waals surface area contributed by atoms with E-state index in [4.69, 9.17) is 11.5 Å². The van der Waals surface area contributed by atoms with E-state index in [0.717, 1.165) is 31.2 Å². The largest absolute Gasteiger partial charge is 0.398 e. The van der Waals surface area contributed by atoms with Crippen molar-refractivity contribution in [3.8, 4) is 11.3 Å². The van der Waals surface area contributed by atoms with Crippen molar-refractivity contribution >= 4 is 17.4 Å². The van der Waals surface area contributed by atoms with Crippen LogP contribution in [-0.4, -0.2) is 15.8 Å². The van der Waals surface area contributed by atoms with Gasteiger partial charge < -0.3 is 11.5 Å². The van der Waals surface area contributed by atoms with Crippen LogP contribution in [-0.2, 0) is 0 Å². The summed E-state index contributed by atoms with van der Waals surface area (Å²) < 4.78 is 0. The summed E-state index contributed by atoms with van der Waals surface area (Å²) in [6, 6.07) is 7.24. The third kappa shape index (κ3) is 3.33. The molecule has 0 bridgehead atoms. The Balaban J connectivity index is 1.90. The summed E-state index contributed by atoms with van der Waals surface area (Å²) in [6.07, 6.45) is 5.73. The molecule has 4 N–H and O–H groups in total. The molecular weight excluding hydrogens is 288 g/mol. The highest BCUT2D eigenvalue weighted by Crippen LogP contribution is 2.33. The molecule has 0 radical (unpaired) electrons. The second kappa shape index (κ2) is 6.36. The van der Waals surface area contributed by atoms with E-state index >= 15 is 0 Å². The fourth-order valence-corrected chi connectivity index (χ4v) is 3.21. The number of hydrogen-bond acceptors (Lipinski definition) is 5. The standard InChI is InChI=1S/C18H22N4O/c1-11-2-4-12(5-3-11)17(23)14-10-13(6-7-15(14)19)16-8-9-21-18(20)22-16/h6-12H,2-5,19H2,1H3,(H2,20,21,22). The minimum Gasteiger partial charge on any atom is -0.398 e. The van der Waals surface area contributed by atoms with Crippen LogP contribution in [0.2, 0.25) is 0 Å². The molecule has 1 aromatic carbocycles. The van der Waals surface area contributed by atoms with Crippen molar-refractivity contribution in [2.24, 2.45) is 11.8 Å². The van der Waals surface area contributed by atoms with Crippen molar-refractivity contribution in [1.29, 1.82) is 0 Å². The van der Waals surface area contributed by atoms with Gasteiger partial charge in [0, 0.05) is 28.9 Å². The predicted octanol–water partition coefficient (Wildman–Crippen LogP) is 3.32. The highest BCUT2D eigenvalue weighted by molar-refractivity contribution is 6.03. The number of Topliss-reactive ketones (excluding diaryl/α,β-unsaturated/α-hetero) is 1. The number of aromatic nitrogens is 2. The lowest BCUT2D eigenvalue weighted by Crippen LogP contribution is -2.21. The number of nitrogens with two attached hydrogens (primary N) is 2. The summed E-state index contributed by atoms with van der Waals surface area (Å²) >= 11 is 0. The van der Waals surface area contributed by atoms with Gasteiger partial charge in [0.05, 0.1) is 5.69 Å². The molecule has 0 unspecified atom stereocenters. The zero-order chi connectivity index (χ0) is 16.4. The first-order chi connectivity index (χ1) is 11.0. The summed E-state index contributed by atoms with van der Waals surface area (Å²) in [5.74, 6) is 1.16. The van der Waals surface area contributed by atoms with Crippen molar-refractivity contribution in [1.82, 2.24) is 9.97 Å². The molecule has 120 valence electrons. The molecule has 0 spiro atoms. The molecule has 1 aromatic heterocycles. The molecule has 1 aliphatic rings. The number of benzene rings is 1. The Morgan fingerprint density at radius 2 is 1.87 bits per heavy atom. The molecule has 5 heteroatoms. The summed E-state index contributed by atoms with van der Waals surface area (Å²) in [5, 5.41) is 0. The molecule has 0 atom stereocenters. The minimum atomic E-state index is 0.0826. The predicted molar refractivity (Wildman–Crippen MR) is 91.7 cm³/mol. The van der Waals surface area contributed by atoms with Crippen LogP contribution in [0.4, 0.5) is 11.6 Å². The number of anilines is 2. The quantitative estimate of drug-likeness (QED) is 0.670. The van der Waals surface area contributed by atoms with E-state index in [2.05, 4.69) is 16.9 Å². The maximum absolute atomic E-state index is 12.8. The Labute approximate surface area is 136 Å². The minimum absolute atomic E-state index is 0.0826. The third-order valence-electron chi connectivity index (χ3n) is 4.68. The first-order valence-electron chi connectivity index (χ1n) is 8.07. The van der Waals surface area contributed by atoms with E-state index < -0.39 is 0 Å². The molecule has 2 aromatic rings. The van der Waals surface area contributed by atoms with Crippen LogP contribution in [0.3, 0.4) is 0 Å². The van der Waals surface area contributed by atoms with Gasteiger partial charge in [0.25, 0.3) is 0 Å². The summed E-state index contributed by atoms with van der Waals surface area (Å²) in [5.41, 5.74) is 14.3. The van der Waals surface area contributed by atoms with Crippen molar-refractivity contribution in [2.75, 3.05) is 11.5 Å². The zero-order valence-corrected chi connectivity index (χ0v) is 13.3. The van der Waals surface area contributed by atoms with E-state index in [-0.39, 0.29) is 17.6 Å². The van der Waals surface area contributed by atoms with Crippen LogP contribution < -0.4 is 11.5 Å². The molecule has 1 heterocycles. The highest BCUT2D eigenvalue weighted by atomic mass is 16.1. The lowest BCUT2D eigenvalue weighted by molar-refractivity contribution is 0.0876. The van der Waals surface area contributed by atoms with Gasteiger partial charge in [0.1, 0.15) is 0 Å². The SMILES string of the molecule is CC1CCC(C(=O)c2cc(-c3ccnc(N)n3)ccc2N)CC1. The fraction of sp³-hybridized carbons (Fsp3) is 0.389. The Kier molecular flexibility index (Phi) is 4.28. The van der Waals surface area contributed by atoms with Gasteiger partial charge in [0.15, 0.2) is 5.78 Å². The monoisotopic (exact) mass is 310 g/mol. The maximum Gasteiger partial charge on any atom is 0.220 e. The Hall–Kier alpha value is -2.43. The van der Waals surface area contributed by atoms with Crippen molar-refractivity contribution in [3.63, 3.8) is 0 Å². The number of hydrogen-bond donors (Lipinski definition) is 2. The van der Waals surface area contributed by atoms with Gasteiger partial charge >= 0.3 is 0 Å². The number of carbonyl (C=O) groups excluding carboxylic acids is 1. The van der Waals surface area contributed by atoms with Crippen molar-refractivity contribution < 1.29 is 4.79 Å². The van der Waals surface area contributed by atoms with Crippen molar-refractivity contribution in [3.05, 3.63) is 36.0 Å². The third-order valence-corrected chi connectivity index (χ3v) is 4.68. The Morgan fingerprint density at radius 3 is 2.57 bits per heavy atom. The van der Waals surface area contributed by atoms with Crippen LogP contribution in [0.1, 0.15) is 43.0 Å².